The van der Waals surface area contributed by atoms with Gasteiger partial charge in [-0.3, -0.25) is 0 Å². The molecule has 0 amide bonds. The van der Waals surface area contributed by atoms with E-state index < -0.39 is 62.1 Å². The molecule has 0 aliphatic carbocycles. The van der Waals surface area contributed by atoms with Gasteiger partial charge < -0.3 is 18.4 Å². The summed E-state index contributed by atoms with van der Waals surface area (Å²) in [4.78, 5) is 10.3. The third-order valence-electron chi connectivity index (χ3n) is 2.41. The summed E-state index contributed by atoms with van der Waals surface area (Å²) in [6, 6.07) is 0. The average molecular weight is 360 g/mol. The quantitative estimate of drug-likeness (QED) is 0.351. The van der Waals surface area contributed by atoms with Crippen molar-refractivity contribution >= 4 is 8.80 Å². The Kier molecular flexibility index (Phi) is 6.51. The minimum absolute atomic E-state index is 0.509. The second kappa shape index (κ2) is 7.56. The average Bonchev–Trinajstić information content (AvgIpc) is 2.41. The Morgan fingerprint density at radius 2 is 1.13 bits per heavy atom. The van der Waals surface area contributed by atoms with Crippen LogP contribution in [-0.4, -0.2) is 32.0 Å². The van der Waals surface area contributed by atoms with Gasteiger partial charge in [0.15, 0.2) is 12.0 Å². The second-order valence-electron chi connectivity index (χ2n) is 5.23. The molecule has 1 rings (SSSR count). The summed E-state index contributed by atoms with van der Waals surface area (Å²) in [5.41, 5.74) is 0. The Hall–Kier alpha value is -1.23. The van der Waals surface area contributed by atoms with Crippen LogP contribution in [0.2, 0.25) is 0 Å². The molecule has 23 heavy (non-hydrogen) atoms. The van der Waals surface area contributed by atoms with Crippen molar-refractivity contribution in [3.8, 4) is 5.75 Å². The van der Waals surface area contributed by atoms with Gasteiger partial charge in [0.05, 0.1) is 0 Å². The monoisotopic (exact) mass is 360 g/mol. The molecule has 0 aromatic heterocycles. The van der Waals surface area contributed by atoms with Crippen LogP contribution in [0.4, 0.5) is 22.0 Å². The minimum atomic E-state index is -4.05. The maximum Gasteiger partial charge on any atom is 0.538 e. The second-order valence-corrected chi connectivity index (χ2v) is 7.42. The molecule has 0 unspecified atom stereocenters. The van der Waals surface area contributed by atoms with Crippen LogP contribution in [0.15, 0.2) is 0 Å². The van der Waals surface area contributed by atoms with E-state index in [1.54, 1.807) is 27.7 Å². The molecule has 1 N–H and O–H groups in total. The van der Waals surface area contributed by atoms with E-state index in [1.165, 1.54) is 0 Å². The van der Waals surface area contributed by atoms with E-state index in [4.69, 9.17) is 8.85 Å². The lowest BCUT2D eigenvalue weighted by Crippen LogP contribution is -2.52. The lowest BCUT2D eigenvalue weighted by atomic mass is 10.3. The molecule has 1 aromatic rings. The molecular formula is C13H17F5O4Si. The zero-order valence-corrected chi connectivity index (χ0v) is 13.9. The molecule has 0 heterocycles. The Labute approximate surface area is 131 Å². The molecule has 0 aliphatic rings. The lowest BCUT2D eigenvalue weighted by Gasteiger charge is -2.28. The minimum Gasteiger partial charge on any atom is -0.483 e. The molecule has 4 nitrogen and oxygen atoms in total. The molecule has 10 heteroatoms. The van der Waals surface area contributed by atoms with Crippen molar-refractivity contribution in [1.82, 2.24) is 0 Å². The topological polar surface area (TPSA) is 47.9 Å². The van der Waals surface area contributed by atoms with Gasteiger partial charge in [-0.15, -0.1) is 0 Å². The lowest BCUT2D eigenvalue weighted by molar-refractivity contribution is 0.0324. The van der Waals surface area contributed by atoms with Crippen molar-refractivity contribution in [2.75, 3.05) is 6.23 Å². The number of halogens is 5. The summed E-state index contributed by atoms with van der Waals surface area (Å²) in [6.07, 6.45) is -1.89. The van der Waals surface area contributed by atoms with Gasteiger partial charge in [-0.05, 0) is 27.7 Å². The molecule has 0 radical (unpaired) electrons. The van der Waals surface area contributed by atoms with E-state index in [0.29, 0.717) is 0 Å². The van der Waals surface area contributed by atoms with Crippen molar-refractivity contribution in [3.05, 3.63) is 29.1 Å². The molecule has 132 valence electrons. The summed E-state index contributed by atoms with van der Waals surface area (Å²) in [6.45, 7) is 6.28. The fraction of sp³-hybridized carbons (Fsp3) is 0.538. The first-order chi connectivity index (χ1) is 10.5. The molecule has 0 atom stereocenters. The summed E-state index contributed by atoms with van der Waals surface area (Å²) < 4.78 is 81.1. The number of hydrogen-bond donors (Lipinski definition) is 1. The predicted molar refractivity (Wildman–Crippen MR) is 72.1 cm³/mol. The molecule has 0 aliphatic heterocycles. The van der Waals surface area contributed by atoms with Crippen LogP contribution >= 0.6 is 0 Å². The fourth-order valence-corrected chi connectivity index (χ4v) is 3.70. The van der Waals surface area contributed by atoms with Gasteiger partial charge in [-0.2, -0.15) is 8.78 Å². The maximum atomic E-state index is 13.5. The molecular weight excluding hydrogens is 343 g/mol. The van der Waals surface area contributed by atoms with E-state index in [-0.39, 0.29) is 0 Å². The highest BCUT2D eigenvalue weighted by atomic mass is 28.4. The number of benzene rings is 1. The first kappa shape index (κ1) is 19.8. The van der Waals surface area contributed by atoms with E-state index in [9.17, 15) is 26.7 Å². The van der Waals surface area contributed by atoms with Crippen molar-refractivity contribution < 1.29 is 40.3 Å². The Morgan fingerprint density at radius 3 is 1.48 bits per heavy atom. The van der Waals surface area contributed by atoms with Crippen molar-refractivity contribution in [2.45, 2.75) is 39.9 Å². The van der Waals surface area contributed by atoms with Gasteiger partial charge in [0.2, 0.25) is 29.1 Å². The van der Waals surface area contributed by atoms with Gasteiger partial charge >= 0.3 is 8.80 Å². The Morgan fingerprint density at radius 1 is 0.783 bits per heavy atom. The molecule has 0 fully saturated rings. The van der Waals surface area contributed by atoms with Crippen LogP contribution < -0.4 is 4.74 Å². The van der Waals surface area contributed by atoms with Crippen LogP contribution in [-0.2, 0) is 8.85 Å². The highest BCUT2D eigenvalue weighted by Crippen LogP contribution is 2.29. The van der Waals surface area contributed by atoms with Gasteiger partial charge in [0.25, 0.3) is 0 Å². The van der Waals surface area contributed by atoms with Crippen LogP contribution in [0.25, 0.3) is 0 Å². The summed E-state index contributed by atoms with van der Waals surface area (Å²) in [5, 5.41) is 0. The molecule has 0 saturated carbocycles. The zero-order valence-electron chi connectivity index (χ0n) is 12.9. The van der Waals surface area contributed by atoms with E-state index in [2.05, 4.69) is 4.74 Å². The first-order valence-electron chi connectivity index (χ1n) is 6.70. The highest BCUT2D eigenvalue weighted by Gasteiger charge is 2.42. The zero-order chi connectivity index (χ0) is 17.9. The molecule has 1 aromatic carbocycles. The maximum absolute atomic E-state index is 13.5. The third kappa shape index (κ3) is 4.87. The summed E-state index contributed by atoms with van der Waals surface area (Å²) >= 11 is 0. The van der Waals surface area contributed by atoms with Crippen LogP contribution in [0, 0.1) is 29.1 Å². The largest absolute Gasteiger partial charge is 0.538 e. The SMILES string of the molecule is CC(C)O[Si](O)(COc1c(F)c(F)c(F)c(F)c1F)OC(C)C. The normalized spacial score (nSPS) is 12.3. The van der Waals surface area contributed by atoms with Gasteiger partial charge in [-0.25, -0.2) is 13.2 Å². The van der Waals surface area contributed by atoms with Crippen molar-refractivity contribution in [3.63, 3.8) is 0 Å². The van der Waals surface area contributed by atoms with Gasteiger partial charge in [-0.1, -0.05) is 0 Å². The number of ether oxygens (including phenoxy) is 1. The standard InChI is InChI=1S/C13H17F5O4Si/c1-6(2)21-23(19,22-7(3)4)5-20-13-11(17)9(15)8(14)10(16)12(13)18/h6-7,19H,5H2,1-4H3. The van der Waals surface area contributed by atoms with Crippen molar-refractivity contribution in [1.29, 1.82) is 0 Å². The summed E-state index contributed by atoms with van der Waals surface area (Å²) in [7, 11) is -4.05. The Bertz CT molecular complexity index is 529. The van der Waals surface area contributed by atoms with Crippen LogP contribution in [0.5, 0.6) is 5.75 Å². The first-order valence-corrected chi connectivity index (χ1v) is 8.67. The van der Waals surface area contributed by atoms with Crippen LogP contribution in [0.1, 0.15) is 27.7 Å². The van der Waals surface area contributed by atoms with Gasteiger partial charge in [0, 0.05) is 12.2 Å². The summed E-state index contributed by atoms with van der Waals surface area (Å²) in [5.74, 6) is -12.3. The van der Waals surface area contributed by atoms with E-state index in [0.717, 1.165) is 0 Å². The van der Waals surface area contributed by atoms with Gasteiger partial charge in [0.1, 0.15) is 0 Å². The van der Waals surface area contributed by atoms with E-state index >= 15 is 0 Å². The molecule has 0 saturated heterocycles. The number of hydrogen-bond acceptors (Lipinski definition) is 4. The third-order valence-corrected chi connectivity index (χ3v) is 4.60. The molecule has 0 bridgehead atoms. The molecule has 0 spiro atoms. The fourth-order valence-electron chi connectivity index (χ4n) is 1.71. The van der Waals surface area contributed by atoms with Crippen molar-refractivity contribution in [2.24, 2.45) is 0 Å². The highest BCUT2D eigenvalue weighted by molar-refractivity contribution is 6.59. The van der Waals surface area contributed by atoms with Crippen LogP contribution in [0.3, 0.4) is 0 Å². The Balaban J connectivity index is 3.07. The number of rotatable bonds is 7. The van der Waals surface area contributed by atoms with E-state index in [1.807, 2.05) is 0 Å². The predicted octanol–water partition coefficient (Wildman–Crippen LogP) is 3.08. The smallest absolute Gasteiger partial charge is 0.483 e.